The Morgan fingerprint density at radius 3 is 2.55 bits per heavy atom. The molecule has 0 heterocycles. The molecule has 0 spiro atoms. The van der Waals surface area contributed by atoms with Gasteiger partial charge in [-0.2, -0.15) is 0 Å². The number of aliphatic hydroxyl groups is 1. The second-order valence-electron chi connectivity index (χ2n) is 2.68. The van der Waals surface area contributed by atoms with Gasteiger partial charge in [-0.15, -0.1) is 0 Å². The van der Waals surface area contributed by atoms with Gasteiger partial charge in [0.1, 0.15) is 0 Å². The van der Waals surface area contributed by atoms with Crippen LogP contribution in [0.2, 0.25) is 0 Å². The molecule has 1 nitrogen and oxygen atoms in total. The van der Waals surface area contributed by atoms with Crippen LogP contribution in [-0.4, -0.2) is 5.11 Å². The zero-order valence-corrected chi connectivity index (χ0v) is 8.22. The maximum atomic E-state index is 9.28. The third-order valence-electron chi connectivity index (χ3n) is 1.68. The maximum absolute atomic E-state index is 9.28. The van der Waals surface area contributed by atoms with Crippen molar-refractivity contribution in [2.45, 2.75) is 20.0 Å². The fraction of sp³-hybridized carbons (Fsp3) is 0.333. The van der Waals surface area contributed by atoms with Gasteiger partial charge in [0.2, 0.25) is 0 Å². The number of aliphatic hydroxyl groups excluding tert-OH is 1. The van der Waals surface area contributed by atoms with Gasteiger partial charge in [0.15, 0.2) is 0 Å². The van der Waals surface area contributed by atoms with Crippen molar-refractivity contribution in [3.05, 3.63) is 33.8 Å². The third-order valence-corrected chi connectivity index (χ3v) is 2.18. The lowest BCUT2D eigenvalue weighted by molar-refractivity contribution is 0.198. The van der Waals surface area contributed by atoms with Crippen LogP contribution >= 0.6 is 15.9 Å². The van der Waals surface area contributed by atoms with Gasteiger partial charge in [0, 0.05) is 4.47 Å². The van der Waals surface area contributed by atoms with E-state index in [9.17, 15) is 5.11 Å². The van der Waals surface area contributed by atoms with Crippen LogP contribution in [0, 0.1) is 6.92 Å². The maximum Gasteiger partial charge on any atom is 0.0764 e. The summed E-state index contributed by atoms with van der Waals surface area (Å²) < 4.78 is 1.06. The Morgan fingerprint density at radius 1 is 1.45 bits per heavy atom. The van der Waals surface area contributed by atoms with Crippen molar-refractivity contribution in [2.24, 2.45) is 0 Å². The Bertz CT molecular complexity index is 256. The Balaban J connectivity index is 3.09. The van der Waals surface area contributed by atoms with Gasteiger partial charge in [-0.05, 0) is 37.1 Å². The highest BCUT2D eigenvalue weighted by Crippen LogP contribution is 2.20. The Morgan fingerprint density at radius 2 is 2.09 bits per heavy atom. The summed E-state index contributed by atoms with van der Waals surface area (Å²) in [4.78, 5) is 0. The smallest absolute Gasteiger partial charge is 0.0764 e. The largest absolute Gasteiger partial charge is 0.389 e. The number of halogens is 1. The van der Waals surface area contributed by atoms with Crippen molar-refractivity contribution in [3.63, 3.8) is 0 Å². The number of rotatable bonds is 1. The predicted octanol–water partition coefficient (Wildman–Crippen LogP) is 2.81. The van der Waals surface area contributed by atoms with Gasteiger partial charge in [0.05, 0.1) is 6.10 Å². The SMILES string of the molecule is Cc1cc(Br)ccc1[C@@H](C)O. The standard InChI is InChI=1S/C9H11BrO/c1-6-5-8(10)3-4-9(6)7(2)11/h3-5,7,11H,1-2H3/t7-/m1/s1. The van der Waals surface area contributed by atoms with Crippen LogP contribution in [0.4, 0.5) is 0 Å². The van der Waals surface area contributed by atoms with E-state index in [1.54, 1.807) is 6.92 Å². The molecule has 0 amide bonds. The average Bonchev–Trinajstić information content (AvgIpc) is 1.85. The van der Waals surface area contributed by atoms with E-state index in [1.807, 2.05) is 25.1 Å². The molecular weight excluding hydrogens is 204 g/mol. The molecule has 2 heteroatoms. The molecule has 1 atom stereocenters. The van der Waals surface area contributed by atoms with Crippen molar-refractivity contribution >= 4 is 15.9 Å². The summed E-state index contributed by atoms with van der Waals surface area (Å²) in [6.45, 7) is 3.77. The quantitative estimate of drug-likeness (QED) is 0.763. The normalized spacial score (nSPS) is 13.1. The molecule has 0 aliphatic carbocycles. The molecule has 0 aliphatic rings. The summed E-state index contributed by atoms with van der Waals surface area (Å²) in [7, 11) is 0. The lowest BCUT2D eigenvalue weighted by atomic mass is 10.1. The molecule has 0 radical (unpaired) electrons. The highest BCUT2D eigenvalue weighted by molar-refractivity contribution is 9.10. The monoisotopic (exact) mass is 214 g/mol. The van der Waals surface area contributed by atoms with E-state index >= 15 is 0 Å². The van der Waals surface area contributed by atoms with E-state index in [2.05, 4.69) is 15.9 Å². The first kappa shape index (κ1) is 8.75. The molecule has 0 bridgehead atoms. The van der Waals surface area contributed by atoms with Gasteiger partial charge in [-0.1, -0.05) is 22.0 Å². The summed E-state index contributed by atoms with van der Waals surface area (Å²) in [6, 6.07) is 5.88. The fourth-order valence-corrected chi connectivity index (χ4v) is 1.58. The first-order valence-corrected chi connectivity index (χ1v) is 4.34. The zero-order chi connectivity index (χ0) is 8.43. The Labute approximate surface area is 75.2 Å². The molecule has 1 N–H and O–H groups in total. The molecule has 0 aromatic heterocycles. The predicted molar refractivity (Wildman–Crippen MR) is 49.5 cm³/mol. The molecular formula is C9H11BrO. The van der Waals surface area contributed by atoms with Crippen LogP contribution in [0.25, 0.3) is 0 Å². The van der Waals surface area contributed by atoms with Crippen LogP contribution < -0.4 is 0 Å². The Kier molecular flexibility index (Phi) is 2.68. The van der Waals surface area contributed by atoms with E-state index in [-0.39, 0.29) is 6.10 Å². The van der Waals surface area contributed by atoms with Crippen LogP contribution in [0.3, 0.4) is 0 Å². The van der Waals surface area contributed by atoms with E-state index < -0.39 is 0 Å². The molecule has 1 aromatic rings. The van der Waals surface area contributed by atoms with Gasteiger partial charge < -0.3 is 5.11 Å². The number of benzene rings is 1. The van der Waals surface area contributed by atoms with E-state index in [0.29, 0.717) is 0 Å². The Hall–Kier alpha value is -0.340. The highest BCUT2D eigenvalue weighted by Gasteiger charge is 2.03. The van der Waals surface area contributed by atoms with Crippen molar-refractivity contribution < 1.29 is 5.11 Å². The topological polar surface area (TPSA) is 20.2 Å². The number of aryl methyl sites for hydroxylation is 1. The van der Waals surface area contributed by atoms with Gasteiger partial charge in [-0.25, -0.2) is 0 Å². The van der Waals surface area contributed by atoms with Crippen molar-refractivity contribution in [1.82, 2.24) is 0 Å². The molecule has 1 rings (SSSR count). The highest BCUT2D eigenvalue weighted by atomic mass is 79.9. The van der Waals surface area contributed by atoms with Crippen molar-refractivity contribution in [2.75, 3.05) is 0 Å². The first-order chi connectivity index (χ1) is 5.11. The summed E-state index contributed by atoms with van der Waals surface area (Å²) in [5.74, 6) is 0. The van der Waals surface area contributed by atoms with Crippen LogP contribution in [0.15, 0.2) is 22.7 Å². The zero-order valence-electron chi connectivity index (χ0n) is 6.63. The number of hydrogen-bond acceptors (Lipinski definition) is 1. The molecule has 0 unspecified atom stereocenters. The molecule has 0 saturated carbocycles. The minimum absolute atomic E-state index is 0.372. The second kappa shape index (κ2) is 3.37. The van der Waals surface area contributed by atoms with Gasteiger partial charge in [-0.3, -0.25) is 0 Å². The van der Waals surface area contributed by atoms with E-state index in [4.69, 9.17) is 0 Å². The molecule has 60 valence electrons. The van der Waals surface area contributed by atoms with Crippen molar-refractivity contribution in [1.29, 1.82) is 0 Å². The molecule has 11 heavy (non-hydrogen) atoms. The fourth-order valence-electron chi connectivity index (χ4n) is 1.11. The van der Waals surface area contributed by atoms with Gasteiger partial charge in [0.25, 0.3) is 0 Å². The minimum Gasteiger partial charge on any atom is -0.389 e. The average molecular weight is 215 g/mol. The molecule has 0 aliphatic heterocycles. The minimum atomic E-state index is -0.372. The molecule has 0 fully saturated rings. The summed E-state index contributed by atoms with van der Waals surface area (Å²) in [6.07, 6.45) is -0.372. The van der Waals surface area contributed by atoms with Crippen LogP contribution in [-0.2, 0) is 0 Å². The lowest BCUT2D eigenvalue weighted by Crippen LogP contribution is -1.93. The van der Waals surface area contributed by atoms with Crippen LogP contribution in [0.5, 0.6) is 0 Å². The molecule has 1 aromatic carbocycles. The summed E-state index contributed by atoms with van der Waals surface area (Å²) in [5.41, 5.74) is 2.11. The van der Waals surface area contributed by atoms with Crippen LogP contribution in [0.1, 0.15) is 24.2 Å². The van der Waals surface area contributed by atoms with Gasteiger partial charge >= 0.3 is 0 Å². The lowest BCUT2D eigenvalue weighted by Gasteiger charge is -2.07. The first-order valence-electron chi connectivity index (χ1n) is 3.55. The van der Waals surface area contributed by atoms with Crippen molar-refractivity contribution in [3.8, 4) is 0 Å². The number of hydrogen-bond donors (Lipinski definition) is 1. The third kappa shape index (κ3) is 2.04. The molecule has 0 saturated heterocycles. The van der Waals surface area contributed by atoms with E-state index in [0.717, 1.165) is 15.6 Å². The summed E-state index contributed by atoms with van der Waals surface area (Å²) >= 11 is 3.36. The van der Waals surface area contributed by atoms with E-state index in [1.165, 1.54) is 0 Å². The second-order valence-corrected chi connectivity index (χ2v) is 3.59. The summed E-state index contributed by atoms with van der Waals surface area (Å²) in [5, 5.41) is 9.28.